The van der Waals surface area contributed by atoms with E-state index in [-0.39, 0.29) is 11.6 Å². The second-order valence-corrected chi connectivity index (χ2v) is 8.63. The fraction of sp³-hybridized carbons (Fsp3) is 0.304. The van der Waals surface area contributed by atoms with E-state index < -0.39 is 0 Å². The summed E-state index contributed by atoms with van der Waals surface area (Å²) < 4.78 is 8.16. The van der Waals surface area contributed by atoms with Crippen LogP contribution in [-0.2, 0) is 12.4 Å². The Hall–Kier alpha value is -3.13. The largest absolute Gasteiger partial charge is 0.485 e. The van der Waals surface area contributed by atoms with Gasteiger partial charge in [-0.15, -0.1) is 10.2 Å². The van der Waals surface area contributed by atoms with Crippen LogP contribution < -0.4 is 10.3 Å². The van der Waals surface area contributed by atoms with Crippen LogP contribution in [0.1, 0.15) is 42.7 Å². The SMILES string of the molecule is Cc1cccc(C)c1OCc1nnc(SCc2nc3ccccc3c(=O)[nH]2)n1C(C)C. The number of aromatic nitrogens is 5. The fourth-order valence-corrected chi connectivity index (χ4v) is 4.48. The molecular weight excluding hydrogens is 410 g/mol. The highest BCUT2D eigenvalue weighted by Gasteiger charge is 2.17. The van der Waals surface area contributed by atoms with Crippen LogP contribution in [0.4, 0.5) is 0 Å². The molecule has 0 radical (unpaired) electrons. The third kappa shape index (κ3) is 4.49. The number of aryl methyl sites for hydroxylation is 2. The zero-order valence-corrected chi connectivity index (χ0v) is 18.9. The predicted octanol–water partition coefficient (Wildman–Crippen LogP) is 4.58. The number of hydrogen-bond acceptors (Lipinski definition) is 6. The van der Waals surface area contributed by atoms with Gasteiger partial charge in [-0.2, -0.15) is 0 Å². The van der Waals surface area contributed by atoms with E-state index in [2.05, 4.69) is 38.6 Å². The van der Waals surface area contributed by atoms with Crippen molar-refractivity contribution in [3.8, 4) is 5.75 Å². The Labute approximate surface area is 184 Å². The second kappa shape index (κ2) is 8.93. The van der Waals surface area contributed by atoms with Crippen molar-refractivity contribution < 1.29 is 4.74 Å². The summed E-state index contributed by atoms with van der Waals surface area (Å²) in [6.45, 7) is 8.59. The van der Waals surface area contributed by atoms with Gasteiger partial charge in [-0.25, -0.2) is 4.98 Å². The summed E-state index contributed by atoms with van der Waals surface area (Å²) in [5, 5.41) is 10.1. The second-order valence-electron chi connectivity index (χ2n) is 7.69. The molecule has 31 heavy (non-hydrogen) atoms. The summed E-state index contributed by atoms with van der Waals surface area (Å²) >= 11 is 1.50. The van der Waals surface area contributed by atoms with Gasteiger partial charge >= 0.3 is 0 Å². The minimum atomic E-state index is -0.130. The van der Waals surface area contributed by atoms with Gasteiger partial charge in [0.05, 0.1) is 16.7 Å². The first-order valence-corrected chi connectivity index (χ1v) is 11.2. The van der Waals surface area contributed by atoms with Crippen molar-refractivity contribution in [2.75, 3.05) is 0 Å². The summed E-state index contributed by atoms with van der Waals surface area (Å²) in [5.41, 5.74) is 2.75. The van der Waals surface area contributed by atoms with Crippen LogP contribution in [0.25, 0.3) is 10.9 Å². The lowest BCUT2D eigenvalue weighted by atomic mass is 10.1. The summed E-state index contributed by atoms with van der Waals surface area (Å²) in [6.07, 6.45) is 0. The molecule has 0 amide bonds. The van der Waals surface area contributed by atoms with Gasteiger partial charge in [-0.1, -0.05) is 42.1 Å². The molecule has 1 N–H and O–H groups in total. The van der Waals surface area contributed by atoms with Gasteiger partial charge in [0, 0.05) is 6.04 Å². The minimum Gasteiger partial charge on any atom is -0.485 e. The number of para-hydroxylation sites is 2. The van der Waals surface area contributed by atoms with Crippen LogP contribution in [0.15, 0.2) is 52.4 Å². The first-order valence-electron chi connectivity index (χ1n) is 10.2. The van der Waals surface area contributed by atoms with Crippen LogP contribution >= 0.6 is 11.8 Å². The third-order valence-electron chi connectivity index (χ3n) is 5.01. The van der Waals surface area contributed by atoms with Crippen molar-refractivity contribution in [3.63, 3.8) is 0 Å². The molecule has 0 saturated heterocycles. The van der Waals surface area contributed by atoms with Gasteiger partial charge in [0.25, 0.3) is 5.56 Å². The van der Waals surface area contributed by atoms with E-state index in [0.29, 0.717) is 29.1 Å². The zero-order valence-electron chi connectivity index (χ0n) is 18.0. The standard InChI is InChI=1S/C23H25N5O2S/c1-14(2)28-20(12-30-21-15(3)8-7-9-16(21)4)26-27-23(28)31-13-19-24-18-11-6-5-10-17(18)22(29)25-19/h5-11,14H,12-13H2,1-4H3,(H,24,25,29). The number of rotatable bonds is 7. The van der Waals surface area contributed by atoms with E-state index in [1.807, 2.05) is 50.2 Å². The maximum atomic E-state index is 12.3. The van der Waals surface area contributed by atoms with Crippen molar-refractivity contribution in [1.29, 1.82) is 0 Å². The number of fused-ring (bicyclic) bond motifs is 1. The molecule has 4 rings (SSSR count). The van der Waals surface area contributed by atoms with E-state index >= 15 is 0 Å². The lowest BCUT2D eigenvalue weighted by Gasteiger charge is -2.15. The quantitative estimate of drug-likeness (QED) is 0.428. The van der Waals surface area contributed by atoms with Crippen molar-refractivity contribution in [1.82, 2.24) is 24.7 Å². The van der Waals surface area contributed by atoms with Gasteiger partial charge in [-0.3, -0.25) is 4.79 Å². The Balaban J connectivity index is 1.53. The van der Waals surface area contributed by atoms with Gasteiger partial charge in [0.2, 0.25) is 0 Å². The summed E-state index contributed by atoms with van der Waals surface area (Å²) in [5.74, 6) is 2.75. The summed E-state index contributed by atoms with van der Waals surface area (Å²) in [7, 11) is 0. The zero-order chi connectivity index (χ0) is 22.0. The van der Waals surface area contributed by atoms with E-state index in [4.69, 9.17) is 4.74 Å². The lowest BCUT2D eigenvalue weighted by Crippen LogP contribution is -2.12. The summed E-state index contributed by atoms with van der Waals surface area (Å²) in [4.78, 5) is 19.7. The number of hydrogen-bond donors (Lipinski definition) is 1. The van der Waals surface area contributed by atoms with Crippen molar-refractivity contribution in [2.45, 2.75) is 51.3 Å². The smallest absolute Gasteiger partial charge is 0.258 e. The van der Waals surface area contributed by atoms with Crippen LogP contribution in [0.3, 0.4) is 0 Å². The van der Waals surface area contributed by atoms with Crippen molar-refractivity contribution in [2.24, 2.45) is 0 Å². The number of ether oxygens (including phenoxy) is 1. The van der Waals surface area contributed by atoms with Crippen molar-refractivity contribution in [3.05, 3.63) is 75.6 Å². The average molecular weight is 436 g/mol. The number of aromatic amines is 1. The van der Waals surface area contributed by atoms with Crippen LogP contribution in [0.2, 0.25) is 0 Å². The van der Waals surface area contributed by atoms with E-state index in [9.17, 15) is 4.79 Å². The Bertz CT molecular complexity index is 1260. The van der Waals surface area contributed by atoms with Gasteiger partial charge < -0.3 is 14.3 Å². The molecule has 0 unspecified atom stereocenters. The van der Waals surface area contributed by atoms with Gasteiger partial charge in [-0.05, 0) is 51.0 Å². The molecule has 0 spiro atoms. The van der Waals surface area contributed by atoms with E-state index in [0.717, 1.165) is 27.9 Å². The minimum absolute atomic E-state index is 0.130. The van der Waals surface area contributed by atoms with Crippen molar-refractivity contribution >= 4 is 22.7 Å². The Morgan fingerprint density at radius 3 is 2.55 bits per heavy atom. The third-order valence-corrected chi connectivity index (χ3v) is 5.96. The van der Waals surface area contributed by atoms with Crippen LogP contribution in [0.5, 0.6) is 5.75 Å². The van der Waals surface area contributed by atoms with E-state index in [1.54, 1.807) is 6.07 Å². The molecule has 2 aromatic carbocycles. The molecule has 7 nitrogen and oxygen atoms in total. The molecule has 4 aromatic rings. The lowest BCUT2D eigenvalue weighted by molar-refractivity contribution is 0.280. The maximum Gasteiger partial charge on any atom is 0.258 e. The molecule has 160 valence electrons. The first kappa shape index (κ1) is 21.1. The first-order chi connectivity index (χ1) is 14.9. The van der Waals surface area contributed by atoms with Crippen LogP contribution in [-0.4, -0.2) is 24.7 Å². The Morgan fingerprint density at radius 2 is 1.81 bits per heavy atom. The molecule has 2 aromatic heterocycles. The molecule has 2 heterocycles. The molecule has 0 bridgehead atoms. The molecular formula is C23H25N5O2S. The number of nitrogens with one attached hydrogen (secondary N) is 1. The molecule has 0 atom stereocenters. The normalized spacial score (nSPS) is 11.4. The highest BCUT2D eigenvalue weighted by molar-refractivity contribution is 7.98. The number of H-pyrrole nitrogens is 1. The summed E-state index contributed by atoms with van der Waals surface area (Å²) in [6, 6.07) is 13.6. The molecule has 0 fully saturated rings. The number of nitrogens with zero attached hydrogens (tertiary/aromatic N) is 4. The molecule has 0 aliphatic rings. The molecule has 0 aliphatic heterocycles. The highest BCUT2D eigenvalue weighted by atomic mass is 32.2. The highest BCUT2D eigenvalue weighted by Crippen LogP contribution is 2.27. The maximum absolute atomic E-state index is 12.3. The average Bonchev–Trinajstić information content (AvgIpc) is 3.15. The molecule has 0 aliphatic carbocycles. The van der Waals surface area contributed by atoms with Gasteiger partial charge in [0.1, 0.15) is 18.2 Å². The number of benzene rings is 2. The fourth-order valence-electron chi connectivity index (χ4n) is 3.52. The van der Waals surface area contributed by atoms with E-state index in [1.165, 1.54) is 11.8 Å². The molecule has 8 heteroatoms. The Morgan fingerprint density at radius 1 is 1.06 bits per heavy atom. The number of thioether (sulfide) groups is 1. The molecule has 0 saturated carbocycles. The van der Waals surface area contributed by atoms with Gasteiger partial charge in [0.15, 0.2) is 11.0 Å². The van der Waals surface area contributed by atoms with Crippen LogP contribution in [0, 0.1) is 13.8 Å². The monoisotopic (exact) mass is 435 g/mol. The topological polar surface area (TPSA) is 85.7 Å². The Kier molecular flexibility index (Phi) is 6.08. The predicted molar refractivity (Wildman–Crippen MR) is 123 cm³/mol.